The van der Waals surface area contributed by atoms with Gasteiger partial charge in [0.05, 0.1) is 0 Å². The van der Waals surface area contributed by atoms with Crippen LogP contribution in [0.2, 0.25) is 0 Å². The molecule has 6 heteroatoms. The first-order chi connectivity index (χ1) is 14.4. The third kappa shape index (κ3) is 4.28. The van der Waals surface area contributed by atoms with Crippen LogP contribution >= 0.6 is 12.2 Å². The fourth-order valence-electron chi connectivity index (χ4n) is 3.67. The first-order valence-corrected chi connectivity index (χ1v) is 10.6. The summed E-state index contributed by atoms with van der Waals surface area (Å²) in [5.74, 6) is -0.885. The van der Waals surface area contributed by atoms with Crippen LogP contribution in [0.5, 0.6) is 0 Å². The lowest BCUT2D eigenvalue weighted by atomic mass is 10.1. The number of rotatable bonds is 7. The fourth-order valence-corrected chi connectivity index (χ4v) is 3.92. The Hall–Kier alpha value is -2.99. The molecule has 1 fully saturated rings. The van der Waals surface area contributed by atoms with Crippen molar-refractivity contribution < 1.29 is 9.59 Å². The van der Waals surface area contributed by atoms with Crippen LogP contribution in [0, 0.1) is 13.8 Å². The van der Waals surface area contributed by atoms with E-state index in [1.165, 1.54) is 23.3 Å². The predicted octanol–water partition coefficient (Wildman–Crippen LogP) is 4.25. The van der Waals surface area contributed by atoms with Gasteiger partial charge >= 0.3 is 0 Å². The van der Waals surface area contributed by atoms with E-state index < -0.39 is 11.8 Å². The van der Waals surface area contributed by atoms with E-state index in [0.717, 1.165) is 29.1 Å². The van der Waals surface area contributed by atoms with Crippen LogP contribution in [0.15, 0.2) is 48.6 Å². The Morgan fingerprint density at radius 2 is 1.87 bits per heavy atom. The number of aryl methyl sites for hydroxylation is 2. The van der Waals surface area contributed by atoms with Gasteiger partial charge in [-0.15, -0.1) is 6.58 Å². The smallest absolute Gasteiger partial charge is 0.265 e. The van der Waals surface area contributed by atoms with Crippen LogP contribution in [0.1, 0.15) is 42.3 Å². The number of aromatic nitrogens is 1. The Labute approximate surface area is 183 Å². The highest BCUT2D eigenvalue weighted by Gasteiger charge is 2.32. The molecule has 0 unspecified atom stereocenters. The van der Waals surface area contributed by atoms with E-state index in [9.17, 15) is 9.59 Å². The third-order valence-corrected chi connectivity index (χ3v) is 5.60. The highest BCUT2D eigenvalue weighted by molar-refractivity contribution is 7.80. The lowest BCUT2D eigenvalue weighted by Crippen LogP contribution is -2.53. The van der Waals surface area contributed by atoms with Crippen molar-refractivity contribution in [3.8, 4) is 5.69 Å². The van der Waals surface area contributed by atoms with E-state index in [-0.39, 0.29) is 17.2 Å². The Bertz CT molecular complexity index is 1030. The molecule has 5 nitrogen and oxygen atoms in total. The van der Waals surface area contributed by atoms with Gasteiger partial charge in [0.15, 0.2) is 5.11 Å². The normalized spacial score (nSPS) is 15.6. The van der Waals surface area contributed by atoms with Crippen LogP contribution in [0.3, 0.4) is 0 Å². The number of benzene rings is 1. The zero-order valence-electron chi connectivity index (χ0n) is 17.7. The summed E-state index contributed by atoms with van der Waals surface area (Å²) >= 11 is 5.11. The van der Waals surface area contributed by atoms with E-state index in [0.29, 0.717) is 0 Å². The Morgan fingerprint density at radius 3 is 2.50 bits per heavy atom. The van der Waals surface area contributed by atoms with Crippen molar-refractivity contribution in [2.45, 2.75) is 40.0 Å². The third-order valence-electron chi connectivity index (χ3n) is 5.28. The summed E-state index contributed by atoms with van der Waals surface area (Å²) in [6, 6.07) is 10.5. The molecular formula is C24H27N3O2S. The molecule has 3 rings (SSSR count). The van der Waals surface area contributed by atoms with Gasteiger partial charge in [-0.25, -0.2) is 0 Å². The molecule has 2 aromatic rings. The van der Waals surface area contributed by atoms with Gasteiger partial charge in [-0.05, 0) is 74.3 Å². The van der Waals surface area contributed by atoms with Gasteiger partial charge in [-0.1, -0.05) is 31.6 Å². The first kappa shape index (κ1) is 21.7. The van der Waals surface area contributed by atoms with E-state index in [2.05, 4.69) is 47.7 Å². The summed E-state index contributed by atoms with van der Waals surface area (Å²) in [7, 11) is 0. The molecule has 2 heterocycles. The van der Waals surface area contributed by atoms with Crippen LogP contribution in [-0.4, -0.2) is 32.9 Å². The minimum absolute atomic E-state index is 0.0700. The van der Waals surface area contributed by atoms with Crippen LogP contribution in [0.4, 0.5) is 0 Å². The van der Waals surface area contributed by atoms with Gasteiger partial charge in [0.2, 0.25) is 0 Å². The van der Waals surface area contributed by atoms with E-state index >= 15 is 0 Å². The van der Waals surface area contributed by atoms with Crippen molar-refractivity contribution in [1.82, 2.24) is 14.8 Å². The number of unbranched alkanes of at least 4 members (excludes halogenated alkanes) is 1. The lowest BCUT2D eigenvalue weighted by Gasteiger charge is -2.27. The number of nitrogens with one attached hydrogen (secondary N) is 1. The zero-order valence-corrected chi connectivity index (χ0v) is 18.5. The number of thiocarbonyl (C=S) groups is 1. The SMILES string of the molecule is C=CCN1C(=O)/C(=C/c2cc(C)n(-c3ccc(CCCC)cc3)c2C)C(=O)NC1=S. The molecule has 1 aromatic heterocycles. The van der Waals surface area contributed by atoms with Gasteiger partial charge < -0.3 is 4.57 Å². The van der Waals surface area contributed by atoms with Crippen molar-refractivity contribution in [1.29, 1.82) is 0 Å². The van der Waals surface area contributed by atoms with Crippen LogP contribution in [0.25, 0.3) is 11.8 Å². The average molecular weight is 422 g/mol. The highest BCUT2D eigenvalue weighted by atomic mass is 32.1. The number of carbonyl (C=O) groups excluding carboxylic acids is 2. The standard InChI is InChI=1S/C24H27N3O2S/c1-5-7-8-18-9-11-20(12-10-18)27-16(3)14-19(17(27)4)15-21-22(28)25-24(30)26(13-6-2)23(21)29/h6,9-12,14-15H,2,5,7-8,13H2,1,3-4H3,(H,25,28,30)/b21-15+. The Morgan fingerprint density at radius 1 is 1.17 bits per heavy atom. The van der Waals surface area contributed by atoms with Gasteiger partial charge in [-0.2, -0.15) is 0 Å². The molecule has 0 saturated carbocycles. The number of hydrogen-bond acceptors (Lipinski definition) is 3. The van der Waals surface area contributed by atoms with Gasteiger partial charge in [0.25, 0.3) is 11.8 Å². The molecule has 0 spiro atoms. The molecule has 1 aliphatic rings. The van der Waals surface area contributed by atoms with E-state index in [4.69, 9.17) is 12.2 Å². The molecule has 1 N–H and O–H groups in total. The molecule has 0 bridgehead atoms. The molecule has 156 valence electrons. The fraction of sp³-hybridized carbons (Fsp3) is 0.292. The predicted molar refractivity (Wildman–Crippen MR) is 124 cm³/mol. The largest absolute Gasteiger partial charge is 0.318 e. The van der Waals surface area contributed by atoms with E-state index in [1.54, 1.807) is 12.2 Å². The van der Waals surface area contributed by atoms with Crippen LogP contribution in [-0.2, 0) is 16.0 Å². The summed E-state index contributed by atoms with van der Waals surface area (Å²) in [6.07, 6.45) is 6.66. The maximum absolute atomic E-state index is 12.8. The van der Waals surface area contributed by atoms with Crippen molar-refractivity contribution in [3.05, 3.63) is 71.1 Å². The minimum Gasteiger partial charge on any atom is -0.318 e. The number of hydrogen-bond donors (Lipinski definition) is 1. The lowest BCUT2D eigenvalue weighted by molar-refractivity contribution is -0.128. The van der Waals surface area contributed by atoms with Gasteiger partial charge in [0.1, 0.15) is 5.57 Å². The van der Waals surface area contributed by atoms with Gasteiger partial charge in [0, 0.05) is 23.6 Å². The molecule has 0 aliphatic carbocycles. The first-order valence-electron chi connectivity index (χ1n) is 10.1. The van der Waals surface area contributed by atoms with Gasteiger partial charge in [-0.3, -0.25) is 19.8 Å². The maximum atomic E-state index is 12.8. The minimum atomic E-state index is -0.476. The Balaban J connectivity index is 1.95. The van der Waals surface area contributed by atoms with Crippen molar-refractivity contribution in [2.75, 3.05) is 6.54 Å². The topological polar surface area (TPSA) is 54.3 Å². The summed E-state index contributed by atoms with van der Waals surface area (Å²) in [5, 5.41) is 2.69. The van der Waals surface area contributed by atoms with E-state index in [1.807, 2.05) is 19.9 Å². The monoisotopic (exact) mass is 421 g/mol. The molecule has 1 aliphatic heterocycles. The molecule has 30 heavy (non-hydrogen) atoms. The number of amides is 2. The number of nitrogens with zero attached hydrogens (tertiary/aromatic N) is 2. The maximum Gasteiger partial charge on any atom is 0.265 e. The molecule has 0 atom stereocenters. The summed E-state index contributed by atoms with van der Waals surface area (Å²) in [4.78, 5) is 26.5. The second-order valence-corrected chi connectivity index (χ2v) is 7.84. The second kappa shape index (κ2) is 9.22. The summed E-state index contributed by atoms with van der Waals surface area (Å²) < 4.78 is 2.13. The summed E-state index contributed by atoms with van der Waals surface area (Å²) in [6.45, 7) is 10.1. The molecule has 1 aromatic carbocycles. The molecular weight excluding hydrogens is 394 g/mol. The molecule has 0 radical (unpaired) electrons. The zero-order chi connectivity index (χ0) is 21.8. The molecule has 2 amide bonds. The Kier molecular flexibility index (Phi) is 6.67. The highest BCUT2D eigenvalue weighted by Crippen LogP contribution is 2.24. The summed E-state index contributed by atoms with van der Waals surface area (Å²) in [5.41, 5.74) is 5.28. The molecule has 1 saturated heterocycles. The van der Waals surface area contributed by atoms with Crippen molar-refractivity contribution in [3.63, 3.8) is 0 Å². The number of carbonyl (C=O) groups is 2. The quantitative estimate of drug-likeness (QED) is 0.315. The second-order valence-electron chi connectivity index (χ2n) is 7.45. The van der Waals surface area contributed by atoms with Crippen molar-refractivity contribution >= 4 is 35.2 Å². The average Bonchev–Trinajstić information content (AvgIpc) is 3.00. The van der Waals surface area contributed by atoms with Crippen LogP contribution < -0.4 is 5.32 Å². The van der Waals surface area contributed by atoms with Crippen molar-refractivity contribution in [2.24, 2.45) is 0 Å².